The first-order chi connectivity index (χ1) is 9.04. The van der Waals surface area contributed by atoms with E-state index in [2.05, 4.69) is 37.9 Å². The second kappa shape index (κ2) is 8.93. The Labute approximate surface area is 120 Å². The summed E-state index contributed by atoms with van der Waals surface area (Å²) < 4.78 is 5.48. The predicted molar refractivity (Wildman–Crippen MR) is 82.6 cm³/mol. The third-order valence-electron chi connectivity index (χ3n) is 3.96. The lowest BCUT2D eigenvalue weighted by atomic mass is 10.1. The summed E-state index contributed by atoms with van der Waals surface area (Å²) in [6.45, 7) is 12.1. The van der Waals surface area contributed by atoms with Gasteiger partial charge in [0.15, 0.2) is 0 Å². The van der Waals surface area contributed by atoms with Crippen LogP contribution in [0.25, 0.3) is 0 Å². The van der Waals surface area contributed by atoms with E-state index < -0.39 is 0 Å². The molecular weight excluding hydrogens is 236 g/mol. The van der Waals surface area contributed by atoms with Crippen LogP contribution < -0.4 is 5.32 Å². The van der Waals surface area contributed by atoms with Gasteiger partial charge in [-0.1, -0.05) is 40.5 Å². The standard InChI is InChI=1S/C16H34N2O/c1-13(2)11-18(15-8-6-7-9-15)16(12-19-5)10-17-14(3)4/h13-17H,6-12H2,1-5H3. The molecule has 1 aliphatic rings. The molecule has 0 aromatic heterocycles. The highest BCUT2D eigenvalue weighted by Crippen LogP contribution is 2.26. The van der Waals surface area contributed by atoms with Crippen LogP contribution in [0.3, 0.4) is 0 Å². The van der Waals surface area contributed by atoms with Gasteiger partial charge in [-0.05, 0) is 18.8 Å². The Bertz CT molecular complexity index is 225. The Morgan fingerprint density at radius 1 is 1.16 bits per heavy atom. The van der Waals surface area contributed by atoms with Crippen molar-refractivity contribution < 1.29 is 4.74 Å². The summed E-state index contributed by atoms with van der Waals surface area (Å²) in [5.74, 6) is 0.721. The minimum Gasteiger partial charge on any atom is -0.383 e. The molecule has 0 saturated heterocycles. The topological polar surface area (TPSA) is 24.5 Å². The average molecular weight is 270 g/mol. The van der Waals surface area contributed by atoms with Crippen LogP contribution >= 0.6 is 0 Å². The van der Waals surface area contributed by atoms with Gasteiger partial charge in [0.1, 0.15) is 0 Å². The third-order valence-corrected chi connectivity index (χ3v) is 3.96. The number of ether oxygens (including phenoxy) is 1. The molecule has 1 N–H and O–H groups in total. The molecule has 0 heterocycles. The lowest BCUT2D eigenvalue weighted by Gasteiger charge is -2.38. The van der Waals surface area contributed by atoms with Crippen molar-refractivity contribution in [1.29, 1.82) is 0 Å². The molecule has 1 unspecified atom stereocenters. The third kappa shape index (κ3) is 6.24. The van der Waals surface area contributed by atoms with Crippen molar-refractivity contribution in [2.75, 3.05) is 26.8 Å². The van der Waals surface area contributed by atoms with Crippen LogP contribution in [0.2, 0.25) is 0 Å². The SMILES string of the molecule is COCC(CNC(C)C)N(CC(C)C)C1CCCC1. The predicted octanol–water partition coefficient (Wildman–Crippen LogP) is 2.90. The minimum atomic E-state index is 0.512. The smallest absolute Gasteiger partial charge is 0.0630 e. The summed E-state index contributed by atoms with van der Waals surface area (Å²) in [6, 6.07) is 1.83. The molecule has 0 radical (unpaired) electrons. The molecule has 0 spiro atoms. The molecule has 0 bridgehead atoms. The molecule has 19 heavy (non-hydrogen) atoms. The van der Waals surface area contributed by atoms with Crippen LogP contribution in [0.15, 0.2) is 0 Å². The van der Waals surface area contributed by atoms with Gasteiger partial charge in [0.2, 0.25) is 0 Å². The number of hydrogen-bond donors (Lipinski definition) is 1. The van der Waals surface area contributed by atoms with Gasteiger partial charge in [0, 0.05) is 38.3 Å². The van der Waals surface area contributed by atoms with Gasteiger partial charge >= 0.3 is 0 Å². The number of nitrogens with one attached hydrogen (secondary N) is 1. The first-order valence-corrected chi connectivity index (χ1v) is 8.02. The van der Waals surface area contributed by atoms with Gasteiger partial charge in [-0.2, -0.15) is 0 Å². The van der Waals surface area contributed by atoms with Crippen molar-refractivity contribution in [3.05, 3.63) is 0 Å². The van der Waals surface area contributed by atoms with E-state index in [1.807, 2.05) is 7.11 Å². The number of hydrogen-bond acceptors (Lipinski definition) is 3. The lowest BCUT2D eigenvalue weighted by molar-refractivity contribution is 0.0518. The Hall–Kier alpha value is -0.120. The number of methoxy groups -OCH3 is 1. The van der Waals surface area contributed by atoms with Gasteiger partial charge in [-0.3, -0.25) is 4.90 Å². The Morgan fingerprint density at radius 3 is 2.26 bits per heavy atom. The van der Waals surface area contributed by atoms with Crippen LogP contribution in [0.1, 0.15) is 53.4 Å². The molecule has 1 atom stereocenters. The summed E-state index contributed by atoms with van der Waals surface area (Å²) in [7, 11) is 1.82. The van der Waals surface area contributed by atoms with Crippen molar-refractivity contribution in [3.8, 4) is 0 Å². The monoisotopic (exact) mass is 270 g/mol. The fourth-order valence-electron chi connectivity index (χ4n) is 3.09. The molecule has 3 nitrogen and oxygen atoms in total. The zero-order valence-corrected chi connectivity index (χ0v) is 13.6. The fourth-order valence-corrected chi connectivity index (χ4v) is 3.09. The molecular formula is C16H34N2O. The van der Waals surface area contributed by atoms with Gasteiger partial charge < -0.3 is 10.1 Å². The largest absolute Gasteiger partial charge is 0.383 e. The average Bonchev–Trinajstić information content (AvgIpc) is 2.85. The lowest BCUT2D eigenvalue weighted by Crippen LogP contribution is -2.51. The number of nitrogens with zero attached hydrogens (tertiary/aromatic N) is 1. The summed E-state index contributed by atoms with van der Waals surface area (Å²) in [4.78, 5) is 2.72. The molecule has 1 saturated carbocycles. The highest BCUT2D eigenvalue weighted by Gasteiger charge is 2.29. The van der Waals surface area contributed by atoms with Crippen molar-refractivity contribution >= 4 is 0 Å². The Balaban J connectivity index is 2.64. The second-order valence-electron chi connectivity index (χ2n) is 6.70. The van der Waals surface area contributed by atoms with Crippen molar-refractivity contribution in [2.45, 2.75) is 71.5 Å². The van der Waals surface area contributed by atoms with Crippen molar-refractivity contribution in [1.82, 2.24) is 10.2 Å². The highest BCUT2D eigenvalue weighted by molar-refractivity contribution is 4.85. The first kappa shape index (κ1) is 16.9. The fraction of sp³-hybridized carbons (Fsp3) is 1.00. The molecule has 0 aromatic rings. The number of rotatable bonds is 9. The van der Waals surface area contributed by atoms with E-state index >= 15 is 0 Å². The molecule has 0 aromatic carbocycles. The maximum Gasteiger partial charge on any atom is 0.0630 e. The summed E-state index contributed by atoms with van der Waals surface area (Å²) >= 11 is 0. The molecule has 0 aliphatic heterocycles. The van der Waals surface area contributed by atoms with Crippen LogP contribution in [-0.4, -0.2) is 49.8 Å². The van der Waals surface area contributed by atoms with Crippen LogP contribution in [0, 0.1) is 5.92 Å². The zero-order valence-electron chi connectivity index (χ0n) is 13.6. The van der Waals surface area contributed by atoms with Crippen LogP contribution in [0.5, 0.6) is 0 Å². The van der Waals surface area contributed by atoms with E-state index in [4.69, 9.17) is 4.74 Å². The second-order valence-corrected chi connectivity index (χ2v) is 6.70. The van der Waals surface area contributed by atoms with E-state index in [0.29, 0.717) is 12.1 Å². The summed E-state index contributed by atoms with van der Waals surface area (Å²) in [5, 5.41) is 3.59. The molecule has 1 aliphatic carbocycles. The normalized spacial score (nSPS) is 18.9. The van der Waals surface area contributed by atoms with Crippen molar-refractivity contribution in [2.24, 2.45) is 5.92 Å². The van der Waals surface area contributed by atoms with Gasteiger partial charge in [0.25, 0.3) is 0 Å². The maximum absolute atomic E-state index is 5.48. The van der Waals surface area contributed by atoms with Crippen LogP contribution in [0.4, 0.5) is 0 Å². The van der Waals surface area contributed by atoms with Gasteiger partial charge in [-0.25, -0.2) is 0 Å². The summed E-state index contributed by atoms with van der Waals surface area (Å²) in [5.41, 5.74) is 0. The quantitative estimate of drug-likeness (QED) is 0.697. The van der Waals surface area contributed by atoms with E-state index in [0.717, 1.165) is 25.1 Å². The zero-order chi connectivity index (χ0) is 14.3. The Morgan fingerprint density at radius 2 is 1.79 bits per heavy atom. The molecule has 0 amide bonds. The van der Waals surface area contributed by atoms with Crippen molar-refractivity contribution in [3.63, 3.8) is 0 Å². The minimum absolute atomic E-state index is 0.512. The maximum atomic E-state index is 5.48. The van der Waals surface area contributed by atoms with Gasteiger partial charge in [0.05, 0.1) is 6.61 Å². The molecule has 3 heteroatoms. The highest BCUT2D eigenvalue weighted by atomic mass is 16.5. The van der Waals surface area contributed by atoms with E-state index in [1.54, 1.807) is 0 Å². The molecule has 114 valence electrons. The van der Waals surface area contributed by atoms with Crippen LogP contribution in [-0.2, 0) is 4.74 Å². The van der Waals surface area contributed by atoms with Gasteiger partial charge in [-0.15, -0.1) is 0 Å². The first-order valence-electron chi connectivity index (χ1n) is 8.02. The van der Waals surface area contributed by atoms with E-state index in [-0.39, 0.29) is 0 Å². The van der Waals surface area contributed by atoms with E-state index in [1.165, 1.54) is 32.2 Å². The molecule has 1 rings (SSSR count). The summed E-state index contributed by atoms with van der Waals surface area (Å²) in [6.07, 6.45) is 5.54. The van der Waals surface area contributed by atoms with E-state index in [9.17, 15) is 0 Å². The Kier molecular flexibility index (Phi) is 7.96. The molecule has 1 fully saturated rings.